The third-order valence-corrected chi connectivity index (χ3v) is 4.80. The van der Waals surface area contributed by atoms with Crippen molar-refractivity contribution in [3.05, 3.63) is 84.3 Å². The predicted octanol–water partition coefficient (Wildman–Crippen LogP) is 4.37. The van der Waals surface area contributed by atoms with Gasteiger partial charge in [-0.1, -0.05) is 36.4 Å². The average Bonchev–Trinajstić information content (AvgIpc) is 3.28. The lowest BCUT2D eigenvalue weighted by atomic mass is 10.1. The highest BCUT2D eigenvalue weighted by atomic mass is 16.5. The number of ether oxygens (including phenoxy) is 1. The van der Waals surface area contributed by atoms with Crippen LogP contribution in [0.4, 0.5) is 0 Å². The SMILES string of the molecule is CN=C(NCc1ccc2cc(OC)ccc2c1)NCc1coc(-c2ccccc2)n1. The number of aliphatic imine (C=N–C) groups is 1. The first-order valence-corrected chi connectivity index (χ1v) is 9.76. The van der Waals surface area contributed by atoms with Crippen molar-refractivity contribution in [1.82, 2.24) is 15.6 Å². The van der Waals surface area contributed by atoms with Crippen LogP contribution in [0.3, 0.4) is 0 Å². The van der Waals surface area contributed by atoms with Crippen molar-refractivity contribution in [2.45, 2.75) is 13.1 Å². The van der Waals surface area contributed by atoms with Gasteiger partial charge in [-0.3, -0.25) is 4.99 Å². The summed E-state index contributed by atoms with van der Waals surface area (Å²) >= 11 is 0. The minimum Gasteiger partial charge on any atom is -0.497 e. The van der Waals surface area contributed by atoms with E-state index in [4.69, 9.17) is 9.15 Å². The first-order chi connectivity index (χ1) is 14.7. The van der Waals surface area contributed by atoms with Crippen LogP contribution in [-0.4, -0.2) is 25.1 Å². The summed E-state index contributed by atoms with van der Waals surface area (Å²) in [5.41, 5.74) is 2.94. The van der Waals surface area contributed by atoms with Crippen LogP contribution < -0.4 is 15.4 Å². The molecule has 0 fully saturated rings. The highest BCUT2D eigenvalue weighted by Crippen LogP contribution is 2.22. The van der Waals surface area contributed by atoms with Crippen LogP contribution in [0.2, 0.25) is 0 Å². The fourth-order valence-corrected chi connectivity index (χ4v) is 3.19. The van der Waals surface area contributed by atoms with Gasteiger partial charge in [0.25, 0.3) is 0 Å². The van der Waals surface area contributed by atoms with E-state index in [1.54, 1.807) is 20.4 Å². The van der Waals surface area contributed by atoms with Crippen molar-refractivity contribution in [2.75, 3.05) is 14.2 Å². The number of nitrogens with zero attached hydrogens (tertiary/aromatic N) is 2. The van der Waals surface area contributed by atoms with Gasteiger partial charge in [0.1, 0.15) is 12.0 Å². The Balaban J connectivity index is 1.34. The number of nitrogens with one attached hydrogen (secondary N) is 2. The highest BCUT2D eigenvalue weighted by molar-refractivity contribution is 5.85. The molecule has 152 valence electrons. The molecular weight excluding hydrogens is 376 g/mol. The van der Waals surface area contributed by atoms with E-state index in [1.165, 1.54) is 10.9 Å². The number of fused-ring (bicyclic) bond motifs is 1. The molecule has 30 heavy (non-hydrogen) atoms. The van der Waals surface area contributed by atoms with E-state index in [1.807, 2.05) is 42.5 Å². The number of aromatic nitrogens is 1. The minimum absolute atomic E-state index is 0.521. The molecule has 4 rings (SSSR count). The molecule has 6 heteroatoms. The minimum atomic E-state index is 0.521. The van der Waals surface area contributed by atoms with Gasteiger partial charge in [0.2, 0.25) is 5.89 Å². The average molecular weight is 400 g/mol. The summed E-state index contributed by atoms with van der Waals surface area (Å²) in [6, 6.07) is 22.3. The van der Waals surface area contributed by atoms with Crippen LogP contribution in [0.25, 0.3) is 22.2 Å². The van der Waals surface area contributed by atoms with E-state index in [-0.39, 0.29) is 0 Å². The zero-order valence-electron chi connectivity index (χ0n) is 17.1. The molecule has 0 saturated heterocycles. The molecule has 0 aliphatic heterocycles. The predicted molar refractivity (Wildman–Crippen MR) is 119 cm³/mol. The molecule has 0 saturated carbocycles. The summed E-state index contributed by atoms with van der Waals surface area (Å²) in [7, 11) is 3.43. The molecule has 0 unspecified atom stereocenters. The van der Waals surface area contributed by atoms with Crippen LogP contribution in [0.15, 0.2) is 82.4 Å². The van der Waals surface area contributed by atoms with Crippen molar-refractivity contribution >= 4 is 16.7 Å². The molecule has 0 bridgehead atoms. The molecule has 1 heterocycles. The van der Waals surface area contributed by atoms with E-state index < -0.39 is 0 Å². The topological polar surface area (TPSA) is 71.7 Å². The van der Waals surface area contributed by atoms with Crippen LogP contribution in [0, 0.1) is 0 Å². The Labute approximate surface area is 175 Å². The van der Waals surface area contributed by atoms with Crippen molar-refractivity contribution in [3.8, 4) is 17.2 Å². The standard InChI is InChI=1S/C24H24N4O2/c1-25-24(27-15-21-16-30-23(28-21)18-6-4-3-5-7-18)26-14-17-8-9-20-13-22(29-2)11-10-19(20)12-17/h3-13,16H,14-15H2,1-2H3,(H2,25,26,27). The van der Waals surface area contributed by atoms with Gasteiger partial charge in [-0.05, 0) is 46.7 Å². The molecule has 1 aromatic heterocycles. The summed E-state index contributed by atoms with van der Waals surface area (Å²) < 4.78 is 10.9. The summed E-state index contributed by atoms with van der Waals surface area (Å²) in [6.45, 7) is 1.18. The van der Waals surface area contributed by atoms with E-state index in [0.717, 1.165) is 22.4 Å². The molecule has 6 nitrogen and oxygen atoms in total. The molecule has 0 atom stereocenters. The lowest BCUT2D eigenvalue weighted by molar-refractivity contribution is 0.415. The summed E-state index contributed by atoms with van der Waals surface area (Å²) in [5, 5.41) is 8.94. The maximum Gasteiger partial charge on any atom is 0.226 e. The molecule has 3 aromatic carbocycles. The molecular formula is C24H24N4O2. The van der Waals surface area contributed by atoms with Crippen LogP contribution in [-0.2, 0) is 13.1 Å². The summed E-state index contributed by atoms with van der Waals surface area (Å²) in [5.74, 6) is 2.18. The van der Waals surface area contributed by atoms with Crippen LogP contribution in [0.1, 0.15) is 11.3 Å². The highest BCUT2D eigenvalue weighted by Gasteiger charge is 2.07. The van der Waals surface area contributed by atoms with Crippen molar-refractivity contribution < 1.29 is 9.15 Å². The van der Waals surface area contributed by atoms with Crippen LogP contribution in [0.5, 0.6) is 5.75 Å². The Bertz CT molecular complexity index is 1150. The van der Waals surface area contributed by atoms with E-state index in [0.29, 0.717) is 24.9 Å². The Morgan fingerprint density at radius 3 is 2.53 bits per heavy atom. The van der Waals surface area contributed by atoms with Crippen molar-refractivity contribution in [3.63, 3.8) is 0 Å². The maximum atomic E-state index is 5.58. The molecule has 0 radical (unpaired) electrons. The molecule has 0 spiro atoms. The number of hydrogen-bond acceptors (Lipinski definition) is 4. The van der Waals surface area contributed by atoms with Crippen LogP contribution >= 0.6 is 0 Å². The number of methoxy groups -OCH3 is 1. The second-order valence-corrected chi connectivity index (χ2v) is 6.84. The maximum absolute atomic E-state index is 5.58. The van der Waals surface area contributed by atoms with Gasteiger partial charge >= 0.3 is 0 Å². The Morgan fingerprint density at radius 2 is 1.73 bits per heavy atom. The van der Waals surface area contributed by atoms with Crippen molar-refractivity contribution in [1.29, 1.82) is 0 Å². The largest absolute Gasteiger partial charge is 0.497 e. The first kappa shape index (κ1) is 19.5. The van der Waals surface area contributed by atoms with E-state index in [2.05, 4.69) is 44.9 Å². The molecule has 0 aliphatic carbocycles. The lowest BCUT2D eigenvalue weighted by Gasteiger charge is -2.11. The fraction of sp³-hybridized carbons (Fsp3) is 0.167. The zero-order valence-corrected chi connectivity index (χ0v) is 17.1. The van der Waals surface area contributed by atoms with E-state index >= 15 is 0 Å². The van der Waals surface area contributed by atoms with Gasteiger partial charge < -0.3 is 19.8 Å². The smallest absolute Gasteiger partial charge is 0.226 e. The molecule has 2 N–H and O–H groups in total. The molecule has 0 aliphatic rings. The Morgan fingerprint density at radius 1 is 0.967 bits per heavy atom. The Hall–Kier alpha value is -3.80. The lowest BCUT2D eigenvalue weighted by Crippen LogP contribution is -2.36. The third kappa shape index (κ3) is 4.60. The third-order valence-electron chi connectivity index (χ3n) is 4.80. The summed E-state index contributed by atoms with van der Waals surface area (Å²) in [6.07, 6.45) is 1.67. The second-order valence-electron chi connectivity index (χ2n) is 6.84. The number of benzene rings is 3. The van der Waals surface area contributed by atoms with Gasteiger partial charge in [0.15, 0.2) is 5.96 Å². The van der Waals surface area contributed by atoms with Gasteiger partial charge in [0, 0.05) is 19.2 Å². The quantitative estimate of drug-likeness (QED) is 0.371. The second kappa shape index (κ2) is 9.13. The number of rotatable bonds is 6. The fourth-order valence-electron chi connectivity index (χ4n) is 3.19. The monoisotopic (exact) mass is 400 g/mol. The normalized spacial score (nSPS) is 11.5. The molecule has 0 amide bonds. The summed E-state index contributed by atoms with van der Waals surface area (Å²) in [4.78, 5) is 8.82. The van der Waals surface area contributed by atoms with Gasteiger partial charge in [-0.15, -0.1) is 0 Å². The Kier molecular flexibility index (Phi) is 5.94. The van der Waals surface area contributed by atoms with Gasteiger partial charge in [-0.25, -0.2) is 4.98 Å². The zero-order chi connectivity index (χ0) is 20.8. The number of oxazole rings is 1. The number of hydrogen-bond donors (Lipinski definition) is 2. The van der Waals surface area contributed by atoms with Gasteiger partial charge in [-0.2, -0.15) is 0 Å². The molecule has 4 aromatic rings. The van der Waals surface area contributed by atoms with E-state index in [9.17, 15) is 0 Å². The number of guanidine groups is 1. The first-order valence-electron chi connectivity index (χ1n) is 9.76. The van der Waals surface area contributed by atoms with Gasteiger partial charge in [0.05, 0.1) is 19.3 Å². The van der Waals surface area contributed by atoms with Crippen molar-refractivity contribution in [2.24, 2.45) is 4.99 Å².